The lowest BCUT2D eigenvalue weighted by Crippen LogP contribution is -2.41. The summed E-state index contributed by atoms with van der Waals surface area (Å²) >= 11 is 0. The van der Waals surface area contributed by atoms with E-state index in [1.54, 1.807) is 7.05 Å². The first kappa shape index (κ1) is 26.1. The highest BCUT2D eigenvalue weighted by Crippen LogP contribution is 2.22. The molecule has 1 heterocycles. The molecule has 1 aromatic rings. The number of hydrogen-bond donors (Lipinski definition) is 2. The summed E-state index contributed by atoms with van der Waals surface area (Å²) in [5, 5.41) is 10.3. The Morgan fingerprint density at radius 2 is 1.85 bits per heavy atom. The van der Waals surface area contributed by atoms with Crippen LogP contribution in [0.5, 0.6) is 0 Å². The summed E-state index contributed by atoms with van der Waals surface area (Å²) in [5.74, 6) is 1.69. The zero-order valence-corrected chi connectivity index (χ0v) is 20.1. The van der Waals surface area contributed by atoms with Crippen LogP contribution in [0.1, 0.15) is 57.9 Å². The Bertz CT molecular complexity index is 655. The van der Waals surface area contributed by atoms with Crippen molar-refractivity contribution in [3.63, 3.8) is 0 Å². The Balaban J connectivity index is 0.00000676. The van der Waals surface area contributed by atoms with Gasteiger partial charge in [0.1, 0.15) is 0 Å². The molecule has 0 unspecified atom stereocenters. The molecule has 10 heteroatoms. The summed E-state index contributed by atoms with van der Waals surface area (Å²) in [6.07, 6.45) is 2.06. The van der Waals surface area contributed by atoms with E-state index >= 15 is 0 Å². The average Bonchev–Trinajstić information content (AvgIpc) is 3.08. The van der Waals surface area contributed by atoms with E-state index in [-0.39, 0.29) is 36.3 Å². The van der Waals surface area contributed by atoms with Crippen molar-refractivity contribution >= 4 is 40.0 Å². The first-order valence-corrected chi connectivity index (χ1v) is 10.9. The lowest BCUT2D eigenvalue weighted by molar-refractivity contribution is 0.368. The molecule has 0 fully saturated rings. The van der Waals surface area contributed by atoms with Gasteiger partial charge in [0.2, 0.25) is 10.0 Å². The Kier molecular flexibility index (Phi) is 12.9. The summed E-state index contributed by atoms with van der Waals surface area (Å²) in [6.45, 7) is 9.64. The van der Waals surface area contributed by atoms with E-state index in [0.29, 0.717) is 31.5 Å². The fourth-order valence-electron chi connectivity index (χ4n) is 2.75. The van der Waals surface area contributed by atoms with E-state index < -0.39 is 10.0 Å². The van der Waals surface area contributed by atoms with Gasteiger partial charge in [0.15, 0.2) is 11.7 Å². The quantitative estimate of drug-likeness (QED) is 0.267. The molecule has 0 spiro atoms. The summed E-state index contributed by atoms with van der Waals surface area (Å²) in [6, 6.07) is 1.96. The first-order chi connectivity index (χ1) is 12.4. The molecule has 0 amide bonds. The van der Waals surface area contributed by atoms with E-state index in [4.69, 9.17) is 4.52 Å². The Hall–Kier alpha value is -0.880. The molecule has 0 radical (unpaired) electrons. The normalized spacial score (nSPS) is 12.3. The second-order valence-electron chi connectivity index (χ2n) is 5.98. The van der Waals surface area contributed by atoms with E-state index in [0.717, 1.165) is 24.3 Å². The molecule has 8 nitrogen and oxygen atoms in total. The number of sulfonamides is 1. The minimum atomic E-state index is -3.25. The standard InChI is InChI=1S/C17H33N5O3S.HI/c1-6-14(7-2)16-12-15(25-21-16)13-20-17(18-5)19-10-11-26(23,24)22(8-3)9-4;/h12,14H,6-11,13H2,1-5H3,(H2,18,19,20);1H. The van der Waals surface area contributed by atoms with Crippen LogP contribution in [0.4, 0.5) is 0 Å². The lowest BCUT2D eigenvalue weighted by Gasteiger charge is -2.19. The van der Waals surface area contributed by atoms with Gasteiger partial charge in [-0.1, -0.05) is 32.9 Å². The molecule has 0 aromatic carbocycles. The van der Waals surface area contributed by atoms with Crippen LogP contribution in [0.15, 0.2) is 15.6 Å². The molecule has 0 aliphatic heterocycles. The van der Waals surface area contributed by atoms with Crippen LogP contribution < -0.4 is 10.6 Å². The van der Waals surface area contributed by atoms with Crippen LogP contribution in [0.25, 0.3) is 0 Å². The number of nitrogens with zero attached hydrogens (tertiary/aromatic N) is 3. The monoisotopic (exact) mass is 515 g/mol. The van der Waals surface area contributed by atoms with Crippen molar-refractivity contribution in [2.24, 2.45) is 4.99 Å². The van der Waals surface area contributed by atoms with Gasteiger partial charge < -0.3 is 15.2 Å². The molecular formula is C17H34IN5O3S. The van der Waals surface area contributed by atoms with Gasteiger partial charge in [-0.15, -0.1) is 24.0 Å². The molecule has 158 valence electrons. The number of aliphatic imine (C=N–C) groups is 1. The molecule has 0 aliphatic carbocycles. The predicted molar refractivity (Wildman–Crippen MR) is 120 cm³/mol. The molecule has 0 saturated carbocycles. The van der Waals surface area contributed by atoms with Crippen molar-refractivity contribution in [2.45, 2.75) is 53.0 Å². The molecule has 0 atom stereocenters. The highest BCUT2D eigenvalue weighted by molar-refractivity contribution is 14.0. The SMILES string of the molecule is CCC(CC)c1cc(CNC(=NC)NCCS(=O)(=O)N(CC)CC)on1.I. The molecule has 0 saturated heterocycles. The zero-order chi connectivity index (χ0) is 19.6. The van der Waals surface area contributed by atoms with Crippen molar-refractivity contribution < 1.29 is 12.9 Å². The van der Waals surface area contributed by atoms with Crippen LogP contribution in [0.3, 0.4) is 0 Å². The van der Waals surface area contributed by atoms with Gasteiger partial charge in [0.05, 0.1) is 18.0 Å². The summed E-state index contributed by atoms with van der Waals surface area (Å²) in [4.78, 5) is 4.11. The Labute approximate surface area is 180 Å². The van der Waals surface area contributed by atoms with E-state index in [1.165, 1.54) is 4.31 Å². The smallest absolute Gasteiger partial charge is 0.215 e. The van der Waals surface area contributed by atoms with Crippen LogP contribution in [0, 0.1) is 0 Å². The van der Waals surface area contributed by atoms with Crippen molar-refractivity contribution in [3.05, 3.63) is 17.5 Å². The van der Waals surface area contributed by atoms with Crippen molar-refractivity contribution in [3.8, 4) is 0 Å². The van der Waals surface area contributed by atoms with Gasteiger partial charge in [-0.05, 0) is 12.8 Å². The van der Waals surface area contributed by atoms with Gasteiger partial charge in [-0.2, -0.15) is 0 Å². The molecule has 2 N–H and O–H groups in total. The predicted octanol–water partition coefficient (Wildman–Crippen LogP) is 2.53. The van der Waals surface area contributed by atoms with Gasteiger partial charge in [0, 0.05) is 38.7 Å². The lowest BCUT2D eigenvalue weighted by atomic mass is 9.99. The molecule has 1 rings (SSSR count). The van der Waals surface area contributed by atoms with Gasteiger partial charge in [0.25, 0.3) is 0 Å². The number of rotatable bonds is 11. The average molecular weight is 515 g/mol. The van der Waals surface area contributed by atoms with E-state index in [2.05, 4.69) is 34.6 Å². The second kappa shape index (κ2) is 13.3. The van der Waals surface area contributed by atoms with Crippen molar-refractivity contribution in [2.75, 3.05) is 32.4 Å². The minimum Gasteiger partial charge on any atom is -0.359 e. The largest absolute Gasteiger partial charge is 0.359 e. The first-order valence-electron chi connectivity index (χ1n) is 9.29. The van der Waals surface area contributed by atoms with Crippen LogP contribution in [0.2, 0.25) is 0 Å². The maximum absolute atomic E-state index is 12.2. The van der Waals surface area contributed by atoms with Crippen molar-refractivity contribution in [1.82, 2.24) is 20.1 Å². The van der Waals surface area contributed by atoms with Crippen molar-refractivity contribution in [1.29, 1.82) is 0 Å². The number of aromatic nitrogens is 1. The van der Waals surface area contributed by atoms with Crippen LogP contribution in [-0.2, 0) is 16.6 Å². The van der Waals surface area contributed by atoms with Crippen LogP contribution >= 0.6 is 24.0 Å². The molecule has 0 aliphatic rings. The van der Waals surface area contributed by atoms with E-state index in [1.807, 2.05) is 19.9 Å². The third-order valence-electron chi connectivity index (χ3n) is 4.39. The maximum atomic E-state index is 12.2. The second-order valence-corrected chi connectivity index (χ2v) is 8.07. The third kappa shape index (κ3) is 8.34. The Morgan fingerprint density at radius 1 is 1.22 bits per heavy atom. The number of halogens is 1. The zero-order valence-electron chi connectivity index (χ0n) is 17.0. The Morgan fingerprint density at radius 3 is 2.37 bits per heavy atom. The van der Waals surface area contributed by atoms with Gasteiger partial charge in [-0.3, -0.25) is 4.99 Å². The van der Waals surface area contributed by atoms with Crippen LogP contribution in [-0.4, -0.2) is 56.3 Å². The number of hydrogen-bond acceptors (Lipinski definition) is 5. The molecule has 1 aromatic heterocycles. The minimum absolute atomic E-state index is 0. The fraction of sp³-hybridized carbons (Fsp3) is 0.765. The summed E-state index contributed by atoms with van der Waals surface area (Å²) in [5.41, 5.74) is 0.972. The number of guanidine groups is 1. The molecule has 0 bridgehead atoms. The molecular weight excluding hydrogens is 481 g/mol. The summed E-state index contributed by atoms with van der Waals surface area (Å²) in [7, 11) is -1.60. The fourth-order valence-corrected chi connectivity index (χ4v) is 4.15. The topological polar surface area (TPSA) is 99.8 Å². The van der Waals surface area contributed by atoms with E-state index in [9.17, 15) is 8.42 Å². The van der Waals surface area contributed by atoms with Gasteiger partial charge in [-0.25, -0.2) is 12.7 Å². The molecule has 27 heavy (non-hydrogen) atoms. The maximum Gasteiger partial charge on any atom is 0.215 e. The third-order valence-corrected chi connectivity index (χ3v) is 6.41. The number of nitrogens with one attached hydrogen (secondary N) is 2. The summed E-state index contributed by atoms with van der Waals surface area (Å²) < 4.78 is 31.2. The van der Waals surface area contributed by atoms with Gasteiger partial charge >= 0.3 is 0 Å². The highest BCUT2D eigenvalue weighted by atomic mass is 127. The highest BCUT2D eigenvalue weighted by Gasteiger charge is 2.18.